The van der Waals surface area contributed by atoms with Crippen LogP contribution in [0.25, 0.3) is 0 Å². The molecule has 3 rings (SSSR count). The molecule has 0 radical (unpaired) electrons. The van der Waals surface area contributed by atoms with E-state index in [9.17, 15) is 8.42 Å². The lowest BCUT2D eigenvalue weighted by molar-refractivity contribution is 0.0729. The second kappa shape index (κ2) is 11.3. The molecule has 1 fully saturated rings. The molecule has 2 N–H and O–H groups in total. The second-order valence-corrected chi connectivity index (χ2v) is 9.48. The number of benzene rings is 2. The first-order valence-electron chi connectivity index (χ1n) is 10.7. The smallest absolute Gasteiger partial charge is 0.218 e. The molecule has 7 nitrogen and oxygen atoms in total. The van der Waals surface area contributed by atoms with Gasteiger partial charge < -0.3 is 15.4 Å². The van der Waals surface area contributed by atoms with E-state index in [-0.39, 0.29) is 5.75 Å². The Labute approximate surface area is 185 Å². The van der Waals surface area contributed by atoms with Gasteiger partial charge in [0, 0.05) is 26.2 Å². The molecule has 1 aliphatic rings. The van der Waals surface area contributed by atoms with Gasteiger partial charge in [-0.25, -0.2) is 13.4 Å². The number of nitrogens with zero attached hydrogens (tertiary/aromatic N) is 2. The van der Waals surface area contributed by atoms with E-state index in [0.29, 0.717) is 45.4 Å². The van der Waals surface area contributed by atoms with Crippen molar-refractivity contribution in [1.29, 1.82) is 0 Å². The van der Waals surface area contributed by atoms with Crippen LogP contribution in [0.5, 0.6) is 0 Å². The fraction of sp³-hybridized carbons (Fsp3) is 0.435. The SMILES string of the molecule is CCNC(=NCc1ccccc1CS(=O)(=O)N1CCOCC1)NCc1ccccc1C. The van der Waals surface area contributed by atoms with Crippen molar-refractivity contribution in [2.75, 3.05) is 32.8 Å². The minimum absolute atomic E-state index is 0.0220. The number of aliphatic imine (C=N–C) groups is 1. The lowest BCUT2D eigenvalue weighted by Crippen LogP contribution is -2.41. The Morgan fingerprint density at radius 2 is 1.65 bits per heavy atom. The number of hydrogen-bond acceptors (Lipinski definition) is 4. The lowest BCUT2D eigenvalue weighted by Gasteiger charge is -2.26. The molecule has 168 valence electrons. The highest BCUT2D eigenvalue weighted by molar-refractivity contribution is 7.88. The van der Waals surface area contributed by atoms with Crippen LogP contribution in [0.4, 0.5) is 0 Å². The first-order valence-corrected chi connectivity index (χ1v) is 12.3. The molecule has 2 aromatic rings. The van der Waals surface area contributed by atoms with Gasteiger partial charge in [0.1, 0.15) is 0 Å². The minimum atomic E-state index is -3.39. The molecule has 8 heteroatoms. The number of sulfonamides is 1. The summed E-state index contributed by atoms with van der Waals surface area (Å²) in [5, 5.41) is 6.63. The molecule has 0 aromatic heterocycles. The van der Waals surface area contributed by atoms with E-state index in [1.54, 1.807) is 0 Å². The number of aryl methyl sites for hydroxylation is 1. The minimum Gasteiger partial charge on any atom is -0.379 e. The van der Waals surface area contributed by atoms with Crippen LogP contribution in [0.15, 0.2) is 53.5 Å². The Kier molecular flexibility index (Phi) is 8.45. The van der Waals surface area contributed by atoms with E-state index < -0.39 is 10.0 Å². The summed E-state index contributed by atoms with van der Waals surface area (Å²) < 4.78 is 32.5. The highest BCUT2D eigenvalue weighted by Gasteiger charge is 2.25. The Morgan fingerprint density at radius 3 is 2.32 bits per heavy atom. The summed E-state index contributed by atoms with van der Waals surface area (Å²) in [6.07, 6.45) is 0. The molecule has 0 atom stereocenters. The van der Waals surface area contributed by atoms with E-state index >= 15 is 0 Å². The standard InChI is InChI=1S/C23H32N4O3S/c1-3-24-23(25-16-20-9-5-4-8-19(20)2)26-17-21-10-6-7-11-22(21)18-31(28,29)27-12-14-30-15-13-27/h4-11H,3,12-18H2,1-2H3,(H2,24,25,26). The molecule has 1 saturated heterocycles. The molecule has 2 aromatic carbocycles. The van der Waals surface area contributed by atoms with E-state index in [0.717, 1.165) is 17.7 Å². The molecule has 31 heavy (non-hydrogen) atoms. The third-order valence-corrected chi connectivity index (χ3v) is 7.11. The topological polar surface area (TPSA) is 83.0 Å². The van der Waals surface area contributed by atoms with Crippen LogP contribution in [-0.2, 0) is 33.6 Å². The highest BCUT2D eigenvalue weighted by Crippen LogP contribution is 2.17. The monoisotopic (exact) mass is 444 g/mol. The maximum atomic E-state index is 12.8. The fourth-order valence-electron chi connectivity index (χ4n) is 3.46. The van der Waals surface area contributed by atoms with Crippen molar-refractivity contribution in [1.82, 2.24) is 14.9 Å². The summed E-state index contributed by atoms with van der Waals surface area (Å²) in [7, 11) is -3.39. The van der Waals surface area contributed by atoms with Crippen LogP contribution in [0, 0.1) is 6.92 Å². The average molecular weight is 445 g/mol. The molecule has 0 saturated carbocycles. The van der Waals surface area contributed by atoms with Gasteiger partial charge in [0.05, 0.1) is 25.5 Å². The van der Waals surface area contributed by atoms with Crippen LogP contribution >= 0.6 is 0 Å². The number of rotatable bonds is 8. The van der Waals surface area contributed by atoms with E-state index in [4.69, 9.17) is 9.73 Å². The maximum Gasteiger partial charge on any atom is 0.218 e. The predicted molar refractivity (Wildman–Crippen MR) is 124 cm³/mol. The van der Waals surface area contributed by atoms with Crippen LogP contribution in [-0.4, -0.2) is 51.5 Å². The maximum absolute atomic E-state index is 12.8. The molecule has 0 amide bonds. The van der Waals surface area contributed by atoms with Crippen molar-refractivity contribution in [2.24, 2.45) is 4.99 Å². The number of guanidine groups is 1. The van der Waals surface area contributed by atoms with Crippen molar-refractivity contribution in [3.63, 3.8) is 0 Å². The first-order chi connectivity index (χ1) is 15.0. The molecule has 0 bridgehead atoms. The van der Waals surface area contributed by atoms with E-state index in [2.05, 4.69) is 29.7 Å². The summed E-state index contributed by atoms with van der Waals surface area (Å²) in [5.74, 6) is 0.683. The normalized spacial score (nSPS) is 15.6. The van der Waals surface area contributed by atoms with Gasteiger partial charge in [-0.15, -0.1) is 0 Å². The average Bonchev–Trinajstić information content (AvgIpc) is 2.78. The Bertz CT molecular complexity index is 986. The van der Waals surface area contributed by atoms with Gasteiger partial charge in [-0.2, -0.15) is 4.31 Å². The van der Waals surface area contributed by atoms with E-state index in [1.807, 2.05) is 43.3 Å². The third-order valence-electron chi connectivity index (χ3n) is 5.28. The quantitative estimate of drug-likeness (QED) is 0.483. The molecular formula is C23H32N4O3S. The van der Waals surface area contributed by atoms with Crippen LogP contribution in [0.2, 0.25) is 0 Å². The molecule has 0 aliphatic carbocycles. The van der Waals surface area contributed by atoms with Crippen molar-refractivity contribution >= 4 is 16.0 Å². The van der Waals surface area contributed by atoms with Crippen molar-refractivity contribution in [2.45, 2.75) is 32.7 Å². The molecular weight excluding hydrogens is 412 g/mol. The zero-order chi connectivity index (χ0) is 22.1. The summed E-state index contributed by atoms with van der Waals surface area (Å²) in [5.41, 5.74) is 4.13. The number of nitrogens with one attached hydrogen (secondary N) is 2. The van der Waals surface area contributed by atoms with Crippen LogP contribution in [0.1, 0.15) is 29.2 Å². The van der Waals surface area contributed by atoms with E-state index in [1.165, 1.54) is 15.4 Å². The summed E-state index contributed by atoms with van der Waals surface area (Å²) in [6, 6.07) is 15.8. The lowest BCUT2D eigenvalue weighted by atomic mass is 10.1. The Balaban J connectivity index is 1.70. The van der Waals surface area contributed by atoms with Crippen molar-refractivity contribution in [3.05, 3.63) is 70.8 Å². The van der Waals surface area contributed by atoms with Gasteiger partial charge in [0.25, 0.3) is 0 Å². The third kappa shape index (κ3) is 6.78. The Hall–Kier alpha value is -2.42. The van der Waals surface area contributed by atoms with Gasteiger partial charge in [-0.05, 0) is 36.1 Å². The van der Waals surface area contributed by atoms with Gasteiger partial charge in [-0.1, -0.05) is 48.5 Å². The Morgan fingerprint density at radius 1 is 1.00 bits per heavy atom. The number of ether oxygens (including phenoxy) is 1. The first kappa shape index (κ1) is 23.2. The summed E-state index contributed by atoms with van der Waals surface area (Å²) >= 11 is 0. The molecule has 1 aliphatic heterocycles. The molecule has 0 unspecified atom stereocenters. The number of hydrogen-bond donors (Lipinski definition) is 2. The summed E-state index contributed by atoms with van der Waals surface area (Å²) in [6.45, 7) is 7.65. The summed E-state index contributed by atoms with van der Waals surface area (Å²) in [4.78, 5) is 4.70. The predicted octanol–water partition coefficient (Wildman–Crippen LogP) is 2.41. The van der Waals surface area contributed by atoms with Gasteiger partial charge in [0.2, 0.25) is 10.0 Å². The van der Waals surface area contributed by atoms with Gasteiger partial charge in [-0.3, -0.25) is 0 Å². The molecule has 1 heterocycles. The number of morpholine rings is 1. The highest BCUT2D eigenvalue weighted by atomic mass is 32.2. The van der Waals surface area contributed by atoms with Crippen LogP contribution < -0.4 is 10.6 Å². The van der Waals surface area contributed by atoms with Crippen molar-refractivity contribution < 1.29 is 13.2 Å². The van der Waals surface area contributed by atoms with Crippen LogP contribution in [0.3, 0.4) is 0 Å². The zero-order valence-corrected chi connectivity index (χ0v) is 19.1. The second-order valence-electron chi connectivity index (χ2n) is 7.51. The van der Waals surface area contributed by atoms with Gasteiger partial charge in [0.15, 0.2) is 5.96 Å². The van der Waals surface area contributed by atoms with Gasteiger partial charge >= 0.3 is 0 Å². The van der Waals surface area contributed by atoms with Crippen molar-refractivity contribution in [3.8, 4) is 0 Å². The molecule has 0 spiro atoms. The fourth-order valence-corrected chi connectivity index (χ4v) is 5.02. The largest absolute Gasteiger partial charge is 0.379 e. The zero-order valence-electron chi connectivity index (χ0n) is 18.3.